The van der Waals surface area contributed by atoms with Gasteiger partial charge in [-0.25, -0.2) is 14.2 Å². The molecule has 0 aliphatic carbocycles. The third kappa shape index (κ3) is 1.49. The molecule has 0 saturated carbocycles. The lowest BCUT2D eigenvalue weighted by Gasteiger charge is -1.98. The number of hydrogen-bond acceptors (Lipinski definition) is 3. The minimum atomic E-state index is 0.815. The Morgan fingerprint density at radius 2 is 2.12 bits per heavy atom. The number of hydrogen-bond donors (Lipinski definition) is 0. The zero-order chi connectivity index (χ0) is 11.1. The van der Waals surface area contributed by atoms with E-state index in [9.17, 15) is 0 Å². The summed E-state index contributed by atoms with van der Waals surface area (Å²) in [7, 11) is 0. The van der Waals surface area contributed by atoms with E-state index < -0.39 is 0 Å². The number of aryl methyl sites for hydroxylation is 1. The van der Waals surface area contributed by atoms with Crippen LogP contribution in [0, 0.1) is 10.6 Å². The lowest BCUT2D eigenvalue weighted by atomic mass is 10.4. The summed E-state index contributed by atoms with van der Waals surface area (Å²) >= 11 is 2.18. The van der Waals surface area contributed by atoms with Crippen molar-refractivity contribution < 1.29 is 0 Å². The summed E-state index contributed by atoms with van der Waals surface area (Å²) in [5, 5.41) is 8.49. The second kappa shape index (κ2) is 3.55. The van der Waals surface area contributed by atoms with Crippen molar-refractivity contribution in [2.75, 3.05) is 0 Å². The fraction of sp³-hybridized carbons (Fsp3) is 0.100. The average Bonchev–Trinajstić information content (AvgIpc) is 2.83. The molecule has 3 aromatic heterocycles. The highest BCUT2D eigenvalue weighted by Crippen LogP contribution is 2.14. The van der Waals surface area contributed by atoms with Crippen molar-refractivity contribution in [3.05, 3.63) is 40.1 Å². The molecule has 6 heteroatoms. The van der Waals surface area contributed by atoms with Crippen LogP contribution in [0.15, 0.2) is 30.9 Å². The van der Waals surface area contributed by atoms with Crippen molar-refractivity contribution in [3.8, 4) is 5.69 Å². The van der Waals surface area contributed by atoms with Crippen LogP contribution in [0.3, 0.4) is 0 Å². The second-order valence-electron chi connectivity index (χ2n) is 3.51. The van der Waals surface area contributed by atoms with Gasteiger partial charge in [-0.05, 0) is 41.1 Å². The van der Waals surface area contributed by atoms with E-state index in [2.05, 4.69) is 37.8 Å². The van der Waals surface area contributed by atoms with Gasteiger partial charge in [0, 0.05) is 12.4 Å². The molecule has 0 radical (unpaired) electrons. The predicted octanol–water partition coefficient (Wildman–Crippen LogP) is 1.83. The van der Waals surface area contributed by atoms with Crippen LogP contribution < -0.4 is 0 Å². The summed E-state index contributed by atoms with van der Waals surface area (Å²) in [6.07, 6.45) is 7.44. The first-order valence-corrected chi connectivity index (χ1v) is 5.83. The van der Waals surface area contributed by atoms with Gasteiger partial charge in [0.15, 0.2) is 5.65 Å². The van der Waals surface area contributed by atoms with E-state index in [0.717, 1.165) is 20.6 Å². The van der Waals surface area contributed by atoms with E-state index in [4.69, 9.17) is 0 Å². The highest BCUT2D eigenvalue weighted by atomic mass is 127. The molecule has 0 unspecified atom stereocenters. The van der Waals surface area contributed by atoms with Gasteiger partial charge in [0.1, 0.15) is 9.39 Å². The van der Waals surface area contributed by atoms with Crippen LogP contribution in [0.5, 0.6) is 0 Å². The highest BCUT2D eigenvalue weighted by molar-refractivity contribution is 14.1. The maximum atomic E-state index is 4.45. The quantitative estimate of drug-likeness (QED) is 0.507. The number of aromatic nitrogens is 5. The first-order valence-electron chi connectivity index (χ1n) is 4.75. The van der Waals surface area contributed by atoms with Crippen LogP contribution in [0.1, 0.15) is 5.56 Å². The molecule has 3 heterocycles. The van der Waals surface area contributed by atoms with E-state index >= 15 is 0 Å². The van der Waals surface area contributed by atoms with Gasteiger partial charge in [0.2, 0.25) is 0 Å². The first-order chi connectivity index (χ1) is 7.74. The minimum Gasteiger partial charge on any atom is -0.235 e. The Hall–Kier alpha value is -1.44. The molecule has 3 aromatic rings. The molecule has 0 N–H and O–H groups in total. The van der Waals surface area contributed by atoms with Crippen molar-refractivity contribution in [2.24, 2.45) is 0 Å². The molecule has 0 saturated heterocycles. The molecule has 0 bridgehead atoms. The van der Waals surface area contributed by atoms with Crippen LogP contribution in [-0.2, 0) is 0 Å². The lowest BCUT2D eigenvalue weighted by Crippen LogP contribution is -1.96. The topological polar surface area (TPSA) is 48.0 Å². The summed E-state index contributed by atoms with van der Waals surface area (Å²) in [6.45, 7) is 2.01. The fourth-order valence-corrected chi connectivity index (χ4v) is 1.93. The summed E-state index contributed by atoms with van der Waals surface area (Å²) in [5.41, 5.74) is 2.83. The van der Waals surface area contributed by atoms with E-state index in [1.807, 2.05) is 31.6 Å². The summed E-state index contributed by atoms with van der Waals surface area (Å²) in [6, 6.07) is 1.92. The van der Waals surface area contributed by atoms with Gasteiger partial charge in [-0.15, -0.1) is 0 Å². The monoisotopic (exact) mass is 325 g/mol. The molecule has 0 amide bonds. The molecular weight excluding hydrogens is 317 g/mol. The second-order valence-corrected chi connectivity index (χ2v) is 4.62. The van der Waals surface area contributed by atoms with E-state index in [-0.39, 0.29) is 0 Å². The largest absolute Gasteiger partial charge is 0.235 e. The zero-order valence-electron chi connectivity index (χ0n) is 8.50. The van der Waals surface area contributed by atoms with Crippen molar-refractivity contribution in [1.82, 2.24) is 24.4 Å². The van der Waals surface area contributed by atoms with Gasteiger partial charge in [-0.2, -0.15) is 10.2 Å². The van der Waals surface area contributed by atoms with E-state index in [0.29, 0.717) is 0 Å². The van der Waals surface area contributed by atoms with Gasteiger partial charge >= 0.3 is 0 Å². The van der Waals surface area contributed by atoms with Crippen LogP contribution >= 0.6 is 22.6 Å². The van der Waals surface area contributed by atoms with Crippen molar-refractivity contribution >= 4 is 28.2 Å². The zero-order valence-corrected chi connectivity index (χ0v) is 10.7. The standard InChI is InChI=1S/C10H8IN5/c1-7-4-12-16(6-7)8-5-13-15-3-2-9(11)14-10(8)15/h2-6H,1H3. The molecule has 0 fully saturated rings. The maximum absolute atomic E-state index is 4.45. The SMILES string of the molecule is Cc1cnn(-c2cnn3ccc(I)nc23)c1. The smallest absolute Gasteiger partial charge is 0.182 e. The first kappa shape index (κ1) is 9.76. The lowest BCUT2D eigenvalue weighted by molar-refractivity contribution is 0.883. The highest BCUT2D eigenvalue weighted by Gasteiger charge is 2.08. The molecular formula is C10H8IN5. The molecule has 0 spiro atoms. The summed E-state index contributed by atoms with van der Waals surface area (Å²) in [5.74, 6) is 0. The molecule has 0 atom stereocenters. The maximum Gasteiger partial charge on any atom is 0.182 e. The number of fused-ring (bicyclic) bond motifs is 1. The molecule has 3 rings (SSSR count). The summed E-state index contributed by atoms with van der Waals surface area (Å²) < 4.78 is 4.48. The number of rotatable bonds is 1. The molecule has 0 aliphatic heterocycles. The van der Waals surface area contributed by atoms with Crippen LogP contribution in [-0.4, -0.2) is 24.4 Å². The predicted molar refractivity (Wildman–Crippen MR) is 67.6 cm³/mol. The van der Waals surface area contributed by atoms with Gasteiger partial charge < -0.3 is 0 Å². The molecule has 16 heavy (non-hydrogen) atoms. The Morgan fingerprint density at radius 3 is 2.88 bits per heavy atom. The Labute approximate surface area is 105 Å². The van der Waals surface area contributed by atoms with Crippen LogP contribution in [0.25, 0.3) is 11.3 Å². The Bertz CT molecular complexity index is 654. The van der Waals surface area contributed by atoms with E-state index in [1.165, 1.54) is 0 Å². The van der Waals surface area contributed by atoms with E-state index in [1.54, 1.807) is 15.4 Å². The van der Waals surface area contributed by atoms with Crippen molar-refractivity contribution in [1.29, 1.82) is 0 Å². The van der Waals surface area contributed by atoms with Crippen LogP contribution in [0.4, 0.5) is 0 Å². The van der Waals surface area contributed by atoms with Gasteiger partial charge in [0.25, 0.3) is 0 Å². The van der Waals surface area contributed by atoms with Gasteiger partial charge in [-0.1, -0.05) is 0 Å². The Morgan fingerprint density at radius 1 is 1.25 bits per heavy atom. The van der Waals surface area contributed by atoms with Gasteiger partial charge in [0.05, 0.1) is 12.4 Å². The molecule has 0 aromatic carbocycles. The third-order valence-corrected chi connectivity index (χ3v) is 2.88. The normalized spacial score (nSPS) is 11.1. The fourth-order valence-electron chi connectivity index (χ4n) is 1.54. The number of halogens is 1. The Balaban J connectivity index is 2.27. The van der Waals surface area contributed by atoms with Crippen molar-refractivity contribution in [3.63, 3.8) is 0 Å². The van der Waals surface area contributed by atoms with Crippen molar-refractivity contribution in [2.45, 2.75) is 6.92 Å². The number of nitrogens with zero attached hydrogens (tertiary/aromatic N) is 5. The third-order valence-electron chi connectivity index (χ3n) is 2.28. The summed E-state index contributed by atoms with van der Waals surface area (Å²) in [4.78, 5) is 4.45. The molecule has 80 valence electrons. The van der Waals surface area contributed by atoms with Crippen LogP contribution in [0.2, 0.25) is 0 Å². The Kier molecular flexibility index (Phi) is 2.16. The molecule has 5 nitrogen and oxygen atoms in total. The average molecular weight is 325 g/mol. The molecule has 0 aliphatic rings. The minimum absolute atomic E-state index is 0.815. The van der Waals surface area contributed by atoms with Gasteiger partial charge in [-0.3, -0.25) is 0 Å².